The number of nitrogens with one attached hydrogen (secondary N) is 1. The lowest BCUT2D eigenvalue weighted by atomic mass is 10.0. The van der Waals surface area contributed by atoms with Gasteiger partial charge in [0, 0.05) is 17.6 Å². The first-order valence-electron chi connectivity index (χ1n) is 7.99. The van der Waals surface area contributed by atoms with E-state index in [9.17, 15) is 4.79 Å². The van der Waals surface area contributed by atoms with Crippen LogP contribution in [0.4, 0.5) is 5.82 Å². The molecular weight excluding hydrogens is 300 g/mol. The Morgan fingerprint density at radius 3 is 2.58 bits per heavy atom. The van der Waals surface area contributed by atoms with E-state index >= 15 is 0 Å². The van der Waals surface area contributed by atoms with Gasteiger partial charge in [-0.1, -0.05) is 0 Å². The molecule has 0 aliphatic carbocycles. The number of pyridine rings is 1. The van der Waals surface area contributed by atoms with Gasteiger partial charge in [-0.05, 0) is 63.9 Å². The van der Waals surface area contributed by atoms with Gasteiger partial charge in [0.1, 0.15) is 5.82 Å². The van der Waals surface area contributed by atoms with Gasteiger partial charge in [-0.25, -0.2) is 4.68 Å². The van der Waals surface area contributed by atoms with Crippen LogP contribution in [0.1, 0.15) is 42.3 Å². The summed E-state index contributed by atoms with van der Waals surface area (Å²) in [6, 6.07) is 7.70. The summed E-state index contributed by atoms with van der Waals surface area (Å²) in [4.78, 5) is 17.3. The zero-order chi connectivity index (χ0) is 17.5. The molecule has 2 heterocycles. The second kappa shape index (κ2) is 5.74. The molecule has 3 rings (SSSR count). The van der Waals surface area contributed by atoms with Gasteiger partial charge in [0.05, 0.1) is 22.8 Å². The van der Waals surface area contributed by atoms with Gasteiger partial charge in [0.15, 0.2) is 0 Å². The molecule has 5 heteroatoms. The summed E-state index contributed by atoms with van der Waals surface area (Å²) in [5.41, 5.74) is 3.23. The lowest BCUT2D eigenvalue weighted by Crippen LogP contribution is -2.26. The fraction of sp³-hybridized carbons (Fsp3) is 0.316. The highest BCUT2D eigenvalue weighted by atomic mass is 16.1. The van der Waals surface area contributed by atoms with Crippen molar-refractivity contribution in [1.29, 1.82) is 0 Å². The molecule has 0 spiro atoms. The number of aromatic nitrogens is 3. The predicted octanol–water partition coefficient (Wildman–Crippen LogP) is 4.06. The van der Waals surface area contributed by atoms with Gasteiger partial charge >= 0.3 is 0 Å². The maximum atomic E-state index is 12.9. The molecule has 3 aromatic rings. The van der Waals surface area contributed by atoms with Crippen LogP contribution in [0.5, 0.6) is 0 Å². The normalized spacial score (nSPS) is 11.7. The number of aryl methyl sites for hydroxylation is 2. The predicted molar refractivity (Wildman–Crippen MR) is 96.4 cm³/mol. The zero-order valence-electron chi connectivity index (χ0n) is 14.7. The third-order valence-corrected chi connectivity index (χ3v) is 3.97. The molecule has 2 aromatic heterocycles. The Kier molecular flexibility index (Phi) is 3.87. The third-order valence-electron chi connectivity index (χ3n) is 3.97. The standard InChI is InChI=1S/C19H22N4O/c1-12-10-14-13(2)6-8-20-17(14)15(11-12)18(24)22-16-7-9-21-23(16)19(3,4)5/h6-11H,1-5H3,(H,22,24). The van der Waals surface area contributed by atoms with E-state index in [1.54, 1.807) is 18.5 Å². The van der Waals surface area contributed by atoms with Crippen LogP contribution in [0.3, 0.4) is 0 Å². The van der Waals surface area contributed by atoms with E-state index in [1.165, 1.54) is 0 Å². The summed E-state index contributed by atoms with van der Waals surface area (Å²) in [6.07, 6.45) is 3.43. The van der Waals surface area contributed by atoms with Gasteiger partial charge < -0.3 is 5.32 Å². The van der Waals surface area contributed by atoms with Crippen molar-refractivity contribution in [2.75, 3.05) is 5.32 Å². The van der Waals surface area contributed by atoms with E-state index in [0.717, 1.165) is 22.0 Å². The van der Waals surface area contributed by atoms with Crippen molar-refractivity contribution in [3.05, 3.63) is 53.3 Å². The van der Waals surface area contributed by atoms with Crippen molar-refractivity contribution in [3.8, 4) is 0 Å². The van der Waals surface area contributed by atoms with Gasteiger partial charge in [-0.15, -0.1) is 0 Å². The van der Waals surface area contributed by atoms with E-state index in [4.69, 9.17) is 0 Å². The Balaban J connectivity index is 2.05. The number of fused-ring (bicyclic) bond motifs is 1. The summed E-state index contributed by atoms with van der Waals surface area (Å²) < 4.78 is 1.81. The summed E-state index contributed by atoms with van der Waals surface area (Å²) in [5, 5.41) is 8.29. The Bertz CT molecular complexity index is 919. The first-order valence-corrected chi connectivity index (χ1v) is 7.99. The van der Waals surface area contributed by atoms with Gasteiger partial charge in [0.25, 0.3) is 5.91 Å². The minimum absolute atomic E-state index is 0.173. The lowest BCUT2D eigenvalue weighted by molar-refractivity contribution is 0.102. The third kappa shape index (κ3) is 2.89. The van der Waals surface area contributed by atoms with Gasteiger partial charge in [-0.3, -0.25) is 9.78 Å². The quantitative estimate of drug-likeness (QED) is 0.774. The summed E-state index contributed by atoms with van der Waals surface area (Å²) in [6.45, 7) is 10.1. The van der Waals surface area contributed by atoms with Crippen molar-refractivity contribution in [2.45, 2.75) is 40.2 Å². The fourth-order valence-corrected chi connectivity index (χ4v) is 2.82. The number of carbonyl (C=O) groups excluding carboxylic acids is 1. The molecule has 0 radical (unpaired) electrons. The highest BCUT2D eigenvalue weighted by Gasteiger charge is 2.20. The summed E-state index contributed by atoms with van der Waals surface area (Å²) >= 11 is 0. The topological polar surface area (TPSA) is 59.8 Å². The molecule has 0 saturated heterocycles. The Morgan fingerprint density at radius 1 is 1.12 bits per heavy atom. The van der Waals surface area contributed by atoms with Crippen molar-refractivity contribution >= 4 is 22.6 Å². The Morgan fingerprint density at radius 2 is 1.88 bits per heavy atom. The number of nitrogens with zero attached hydrogens (tertiary/aromatic N) is 3. The average Bonchev–Trinajstić information content (AvgIpc) is 2.95. The fourth-order valence-electron chi connectivity index (χ4n) is 2.82. The highest BCUT2D eigenvalue weighted by molar-refractivity contribution is 6.12. The summed E-state index contributed by atoms with van der Waals surface area (Å²) in [7, 11) is 0. The van der Waals surface area contributed by atoms with Crippen LogP contribution in [0.15, 0.2) is 36.7 Å². The molecule has 1 amide bonds. The number of rotatable bonds is 2. The minimum atomic E-state index is -0.213. The second-order valence-corrected chi connectivity index (χ2v) is 7.09. The van der Waals surface area contributed by atoms with Crippen molar-refractivity contribution in [3.63, 3.8) is 0 Å². The molecule has 0 atom stereocenters. The van der Waals surface area contributed by atoms with Crippen LogP contribution in [-0.4, -0.2) is 20.7 Å². The molecule has 124 valence electrons. The largest absolute Gasteiger partial charge is 0.307 e. The molecular formula is C19H22N4O. The van der Waals surface area contributed by atoms with E-state index in [0.29, 0.717) is 11.4 Å². The van der Waals surface area contributed by atoms with Crippen LogP contribution in [0.2, 0.25) is 0 Å². The van der Waals surface area contributed by atoms with Crippen molar-refractivity contribution in [2.24, 2.45) is 0 Å². The molecule has 5 nitrogen and oxygen atoms in total. The molecule has 24 heavy (non-hydrogen) atoms. The van der Waals surface area contributed by atoms with Crippen LogP contribution < -0.4 is 5.32 Å². The smallest absolute Gasteiger partial charge is 0.259 e. The summed E-state index contributed by atoms with van der Waals surface area (Å²) in [5.74, 6) is 0.502. The molecule has 0 aliphatic rings. The zero-order valence-corrected chi connectivity index (χ0v) is 14.7. The van der Waals surface area contributed by atoms with Crippen LogP contribution in [0, 0.1) is 13.8 Å². The van der Waals surface area contributed by atoms with Crippen molar-refractivity contribution in [1.82, 2.24) is 14.8 Å². The van der Waals surface area contributed by atoms with Crippen LogP contribution >= 0.6 is 0 Å². The van der Waals surface area contributed by atoms with Crippen LogP contribution in [0.25, 0.3) is 10.9 Å². The van der Waals surface area contributed by atoms with Crippen LogP contribution in [-0.2, 0) is 5.54 Å². The number of amides is 1. The SMILES string of the molecule is Cc1cc(C(=O)Nc2ccnn2C(C)(C)C)c2nccc(C)c2c1. The highest BCUT2D eigenvalue weighted by Crippen LogP contribution is 2.24. The molecule has 1 N–H and O–H groups in total. The number of benzene rings is 1. The van der Waals surface area contributed by atoms with E-state index in [2.05, 4.69) is 21.5 Å². The first-order chi connectivity index (χ1) is 11.3. The average molecular weight is 322 g/mol. The van der Waals surface area contributed by atoms with E-state index in [-0.39, 0.29) is 11.4 Å². The number of carbonyl (C=O) groups is 1. The number of anilines is 1. The molecule has 0 fully saturated rings. The van der Waals surface area contributed by atoms with Gasteiger partial charge in [0.2, 0.25) is 0 Å². The molecule has 0 saturated carbocycles. The maximum absolute atomic E-state index is 12.9. The first kappa shape index (κ1) is 16.2. The van der Waals surface area contributed by atoms with Gasteiger partial charge in [-0.2, -0.15) is 5.10 Å². The lowest BCUT2D eigenvalue weighted by Gasteiger charge is -2.22. The minimum Gasteiger partial charge on any atom is -0.307 e. The molecule has 1 aromatic carbocycles. The second-order valence-electron chi connectivity index (χ2n) is 7.09. The Labute approximate surface area is 141 Å². The van der Waals surface area contributed by atoms with E-state index < -0.39 is 0 Å². The molecule has 0 unspecified atom stereocenters. The van der Waals surface area contributed by atoms with E-state index in [1.807, 2.05) is 51.4 Å². The number of hydrogen-bond donors (Lipinski definition) is 1. The monoisotopic (exact) mass is 322 g/mol. The number of hydrogen-bond acceptors (Lipinski definition) is 3. The Hall–Kier alpha value is -2.69. The molecule has 0 bridgehead atoms. The molecule has 0 aliphatic heterocycles. The maximum Gasteiger partial charge on any atom is 0.259 e. The van der Waals surface area contributed by atoms with Crippen molar-refractivity contribution < 1.29 is 4.79 Å².